The standard InChI is InChI=1S/C22H23NO3/c1-14-6-8-15(9-7-14)20-13-17-12-16(10-11-19(17)22(25)26-20)21(24)23-18-4-2-3-5-18/h6-12,18,20H,2-5,13H2,1H3,(H,23,24)/t20-/m1/s1. The van der Waals surface area contributed by atoms with E-state index in [2.05, 4.69) is 5.32 Å². The van der Waals surface area contributed by atoms with Crippen molar-refractivity contribution in [1.82, 2.24) is 5.32 Å². The van der Waals surface area contributed by atoms with Crippen LogP contribution < -0.4 is 5.32 Å². The van der Waals surface area contributed by atoms with Gasteiger partial charge < -0.3 is 10.1 Å². The van der Waals surface area contributed by atoms with Gasteiger partial charge in [-0.3, -0.25) is 4.79 Å². The minimum absolute atomic E-state index is 0.0504. The molecule has 1 saturated carbocycles. The number of carbonyl (C=O) groups is 2. The Balaban J connectivity index is 1.56. The Morgan fingerprint density at radius 3 is 2.54 bits per heavy atom. The molecule has 4 nitrogen and oxygen atoms in total. The van der Waals surface area contributed by atoms with Gasteiger partial charge in [0.2, 0.25) is 0 Å². The van der Waals surface area contributed by atoms with Crippen molar-refractivity contribution >= 4 is 11.9 Å². The second-order valence-corrected chi connectivity index (χ2v) is 7.34. The summed E-state index contributed by atoms with van der Waals surface area (Å²) in [6.07, 6.45) is 4.76. The highest BCUT2D eigenvalue weighted by atomic mass is 16.5. The van der Waals surface area contributed by atoms with Crippen molar-refractivity contribution < 1.29 is 14.3 Å². The molecule has 2 aliphatic rings. The number of fused-ring (bicyclic) bond motifs is 1. The van der Waals surface area contributed by atoms with Crippen LogP contribution in [0.15, 0.2) is 42.5 Å². The van der Waals surface area contributed by atoms with E-state index in [1.165, 1.54) is 18.4 Å². The van der Waals surface area contributed by atoms with Crippen LogP contribution in [0, 0.1) is 6.92 Å². The van der Waals surface area contributed by atoms with Crippen molar-refractivity contribution in [2.75, 3.05) is 0 Å². The Morgan fingerprint density at radius 2 is 1.81 bits per heavy atom. The number of aryl methyl sites for hydroxylation is 1. The van der Waals surface area contributed by atoms with E-state index in [1.54, 1.807) is 12.1 Å². The molecule has 0 unspecified atom stereocenters. The third kappa shape index (κ3) is 3.36. The van der Waals surface area contributed by atoms with Gasteiger partial charge in [0.25, 0.3) is 5.91 Å². The van der Waals surface area contributed by atoms with E-state index < -0.39 is 0 Å². The van der Waals surface area contributed by atoms with Crippen LogP contribution in [0.1, 0.15) is 69.2 Å². The smallest absolute Gasteiger partial charge is 0.339 e. The summed E-state index contributed by atoms with van der Waals surface area (Å²) in [6, 6.07) is 13.6. The lowest BCUT2D eigenvalue weighted by atomic mass is 9.92. The van der Waals surface area contributed by atoms with Crippen LogP contribution in [0.4, 0.5) is 0 Å². The number of nitrogens with one attached hydrogen (secondary N) is 1. The summed E-state index contributed by atoms with van der Waals surface area (Å²) in [6.45, 7) is 2.03. The van der Waals surface area contributed by atoms with Crippen molar-refractivity contribution in [3.63, 3.8) is 0 Å². The van der Waals surface area contributed by atoms with Gasteiger partial charge >= 0.3 is 5.97 Å². The Hall–Kier alpha value is -2.62. The third-order valence-corrected chi connectivity index (χ3v) is 5.38. The van der Waals surface area contributed by atoms with Crippen LogP contribution in [0.2, 0.25) is 0 Å². The Kier molecular flexibility index (Phi) is 4.49. The summed E-state index contributed by atoms with van der Waals surface area (Å²) in [5.41, 5.74) is 4.21. The van der Waals surface area contributed by atoms with Gasteiger partial charge in [0.15, 0.2) is 0 Å². The van der Waals surface area contributed by atoms with Crippen LogP contribution in [-0.2, 0) is 11.2 Å². The van der Waals surface area contributed by atoms with Gasteiger partial charge in [0.05, 0.1) is 5.56 Å². The Morgan fingerprint density at radius 1 is 1.08 bits per heavy atom. The second kappa shape index (κ2) is 6.94. The average Bonchev–Trinajstić information content (AvgIpc) is 3.14. The maximum absolute atomic E-state index is 12.5. The minimum atomic E-state index is -0.320. The van der Waals surface area contributed by atoms with Gasteiger partial charge in [0, 0.05) is 18.0 Å². The number of amides is 1. The van der Waals surface area contributed by atoms with Gasteiger partial charge in [-0.05, 0) is 49.1 Å². The summed E-state index contributed by atoms with van der Waals surface area (Å²) in [7, 11) is 0. The first-order valence-electron chi connectivity index (χ1n) is 9.31. The van der Waals surface area contributed by atoms with Crippen molar-refractivity contribution in [3.05, 3.63) is 70.3 Å². The average molecular weight is 349 g/mol. The van der Waals surface area contributed by atoms with Crippen molar-refractivity contribution in [1.29, 1.82) is 0 Å². The first kappa shape index (κ1) is 16.8. The quantitative estimate of drug-likeness (QED) is 0.848. The van der Waals surface area contributed by atoms with Crippen molar-refractivity contribution in [3.8, 4) is 0 Å². The fraction of sp³-hybridized carbons (Fsp3) is 0.364. The number of ether oxygens (including phenoxy) is 1. The van der Waals surface area contributed by atoms with E-state index >= 15 is 0 Å². The summed E-state index contributed by atoms with van der Waals surface area (Å²) in [4.78, 5) is 24.9. The second-order valence-electron chi connectivity index (χ2n) is 7.34. The topological polar surface area (TPSA) is 55.4 Å². The number of benzene rings is 2. The zero-order valence-corrected chi connectivity index (χ0v) is 15.0. The normalized spacial score (nSPS) is 19.7. The molecule has 1 fully saturated rings. The molecule has 4 heteroatoms. The number of cyclic esters (lactones) is 1. The monoisotopic (exact) mass is 349 g/mol. The van der Waals surface area contributed by atoms with Gasteiger partial charge in [-0.1, -0.05) is 42.7 Å². The molecule has 26 heavy (non-hydrogen) atoms. The highest BCUT2D eigenvalue weighted by Gasteiger charge is 2.28. The molecule has 0 aromatic heterocycles. The minimum Gasteiger partial charge on any atom is -0.454 e. The number of hydrogen-bond acceptors (Lipinski definition) is 3. The molecule has 1 N–H and O–H groups in total. The molecule has 1 atom stereocenters. The molecular weight excluding hydrogens is 326 g/mol. The first-order valence-corrected chi connectivity index (χ1v) is 9.31. The lowest BCUT2D eigenvalue weighted by molar-refractivity contribution is 0.0252. The summed E-state index contributed by atoms with van der Waals surface area (Å²) >= 11 is 0. The summed E-state index contributed by atoms with van der Waals surface area (Å²) < 4.78 is 5.61. The molecule has 1 aliphatic heterocycles. The predicted octanol–water partition coefficient (Wildman–Crippen LogP) is 4.12. The van der Waals surface area contributed by atoms with Crippen LogP contribution in [0.25, 0.3) is 0 Å². The molecule has 0 saturated heterocycles. The fourth-order valence-corrected chi connectivity index (χ4v) is 3.84. The van der Waals surface area contributed by atoms with Gasteiger partial charge in [-0.2, -0.15) is 0 Å². The highest BCUT2D eigenvalue weighted by Crippen LogP contribution is 2.31. The van der Waals surface area contributed by atoms with Gasteiger partial charge in [-0.25, -0.2) is 4.79 Å². The first-order chi connectivity index (χ1) is 12.6. The van der Waals surface area contributed by atoms with E-state index in [4.69, 9.17) is 4.74 Å². The molecule has 0 bridgehead atoms. The van der Waals surface area contributed by atoms with E-state index in [9.17, 15) is 9.59 Å². The van der Waals surface area contributed by atoms with E-state index in [-0.39, 0.29) is 24.0 Å². The predicted molar refractivity (Wildman–Crippen MR) is 99.2 cm³/mol. The lowest BCUT2D eigenvalue weighted by Gasteiger charge is -2.25. The molecule has 4 rings (SSSR count). The number of carbonyl (C=O) groups excluding carboxylic acids is 2. The van der Waals surface area contributed by atoms with E-state index in [1.807, 2.05) is 37.3 Å². The summed E-state index contributed by atoms with van der Waals surface area (Å²) in [5, 5.41) is 3.11. The molecule has 1 amide bonds. The highest BCUT2D eigenvalue weighted by molar-refractivity contribution is 5.98. The van der Waals surface area contributed by atoms with Crippen LogP contribution >= 0.6 is 0 Å². The zero-order chi connectivity index (χ0) is 18.1. The molecule has 1 heterocycles. The molecule has 0 radical (unpaired) electrons. The van der Waals surface area contributed by atoms with Crippen molar-refractivity contribution in [2.45, 2.75) is 51.2 Å². The van der Waals surface area contributed by atoms with Crippen LogP contribution in [0.5, 0.6) is 0 Å². The maximum atomic E-state index is 12.5. The largest absolute Gasteiger partial charge is 0.454 e. The van der Waals surface area contributed by atoms with Gasteiger partial charge in [-0.15, -0.1) is 0 Å². The SMILES string of the molecule is Cc1ccc([C@H]2Cc3cc(C(=O)NC4CCCC4)ccc3C(=O)O2)cc1. The Labute approximate surface area is 153 Å². The molecular formula is C22H23NO3. The Bertz CT molecular complexity index is 835. The summed E-state index contributed by atoms with van der Waals surface area (Å²) in [5.74, 6) is -0.370. The van der Waals surface area contributed by atoms with Gasteiger partial charge in [0.1, 0.15) is 6.10 Å². The number of esters is 1. The van der Waals surface area contributed by atoms with Crippen LogP contribution in [0.3, 0.4) is 0 Å². The number of rotatable bonds is 3. The molecule has 1 aliphatic carbocycles. The number of hydrogen-bond donors (Lipinski definition) is 1. The molecule has 0 spiro atoms. The molecule has 2 aromatic rings. The fourth-order valence-electron chi connectivity index (χ4n) is 3.84. The van der Waals surface area contributed by atoms with E-state index in [0.717, 1.165) is 24.0 Å². The van der Waals surface area contributed by atoms with Crippen molar-refractivity contribution in [2.24, 2.45) is 0 Å². The molecule has 2 aromatic carbocycles. The molecule has 134 valence electrons. The van der Waals surface area contributed by atoms with E-state index in [0.29, 0.717) is 17.5 Å². The maximum Gasteiger partial charge on any atom is 0.339 e. The lowest BCUT2D eigenvalue weighted by Crippen LogP contribution is -2.33. The zero-order valence-electron chi connectivity index (χ0n) is 15.0. The third-order valence-electron chi connectivity index (χ3n) is 5.38. The van der Waals surface area contributed by atoms with Crippen LogP contribution in [-0.4, -0.2) is 17.9 Å².